The van der Waals surface area contributed by atoms with Crippen LogP contribution >= 0.6 is 0 Å². The Morgan fingerprint density at radius 1 is 1.25 bits per heavy atom. The van der Waals surface area contributed by atoms with Gasteiger partial charge in [0.05, 0.1) is 0 Å². The SMILES string of the molecule is NC(=NCC1CC=CCC1)Nc1ccc2c(c1)CCC2. The number of hydrogen-bond acceptors (Lipinski definition) is 1. The van der Waals surface area contributed by atoms with Crippen molar-refractivity contribution in [3.8, 4) is 0 Å². The van der Waals surface area contributed by atoms with Crippen LogP contribution in [0.3, 0.4) is 0 Å². The predicted octanol–water partition coefficient (Wildman–Crippen LogP) is 3.26. The minimum atomic E-state index is 0.539. The van der Waals surface area contributed by atoms with E-state index in [0.29, 0.717) is 11.9 Å². The lowest BCUT2D eigenvalue weighted by Crippen LogP contribution is -2.24. The summed E-state index contributed by atoms with van der Waals surface area (Å²) in [6.07, 6.45) is 11.7. The smallest absolute Gasteiger partial charge is 0.193 e. The summed E-state index contributed by atoms with van der Waals surface area (Å²) in [7, 11) is 0. The van der Waals surface area contributed by atoms with Crippen LogP contribution in [0, 0.1) is 5.92 Å². The van der Waals surface area contributed by atoms with E-state index in [1.807, 2.05) is 0 Å². The van der Waals surface area contributed by atoms with Crippen molar-refractivity contribution < 1.29 is 0 Å². The van der Waals surface area contributed by atoms with E-state index >= 15 is 0 Å². The highest BCUT2D eigenvalue weighted by Crippen LogP contribution is 2.24. The van der Waals surface area contributed by atoms with Gasteiger partial charge < -0.3 is 11.1 Å². The van der Waals surface area contributed by atoms with Crippen molar-refractivity contribution in [3.63, 3.8) is 0 Å². The highest BCUT2D eigenvalue weighted by atomic mass is 15.1. The Labute approximate surface area is 121 Å². The zero-order chi connectivity index (χ0) is 13.8. The number of nitrogens with two attached hydrogens (primary N) is 1. The van der Waals surface area contributed by atoms with E-state index in [9.17, 15) is 0 Å². The summed E-state index contributed by atoms with van der Waals surface area (Å²) in [4.78, 5) is 4.49. The fourth-order valence-electron chi connectivity index (χ4n) is 3.09. The Morgan fingerprint density at radius 2 is 2.15 bits per heavy atom. The van der Waals surface area contributed by atoms with Gasteiger partial charge in [0, 0.05) is 12.2 Å². The van der Waals surface area contributed by atoms with E-state index in [1.54, 1.807) is 0 Å². The van der Waals surface area contributed by atoms with Gasteiger partial charge in [-0.25, -0.2) is 0 Å². The summed E-state index contributed by atoms with van der Waals surface area (Å²) in [5.41, 5.74) is 10.00. The third-order valence-electron chi connectivity index (χ3n) is 4.27. The molecule has 0 amide bonds. The minimum absolute atomic E-state index is 0.539. The Morgan fingerprint density at radius 3 is 3.00 bits per heavy atom. The van der Waals surface area contributed by atoms with Gasteiger partial charge >= 0.3 is 0 Å². The van der Waals surface area contributed by atoms with E-state index in [-0.39, 0.29) is 0 Å². The largest absolute Gasteiger partial charge is 0.370 e. The lowest BCUT2D eigenvalue weighted by molar-refractivity contribution is 0.492. The van der Waals surface area contributed by atoms with Crippen molar-refractivity contribution in [2.45, 2.75) is 38.5 Å². The van der Waals surface area contributed by atoms with Crippen molar-refractivity contribution in [3.05, 3.63) is 41.5 Å². The summed E-state index contributed by atoms with van der Waals surface area (Å²) in [6.45, 7) is 0.827. The molecule has 0 spiro atoms. The van der Waals surface area contributed by atoms with Crippen LogP contribution in [0.5, 0.6) is 0 Å². The van der Waals surface area contributed by atoms with Crippen LogP contribution in [-0.4, -0.2) is 12.5 Å². The Balaban J connectivity index is 1.57. The van der Waals surface area contributed by atoms with Gasteiger partial charge in [-0.1, -0.05) is 18.2 Å². The van der Waals surface area contributed by atoms with Gasteiger partial charge in [0.2, 0.25) is 0 Å². The maximum atomic E-state index is 5.99. The molecule has 0 heterocycles. The van der Waals surface area contributed by atoms with Crippen LogP contribution in [0.1, 0.15) is 36.8 Å². The minimum Gasteiger partial charge on any atom is -0.370 e. The lowest BCUT2D eigenvalue weighted by Gasteiger charge is -2.15. The number of allylic oxidation sites excluding steroid dienone is 2. The van der Waals surface area contributed by atoms with Crippen LogP contribution in [0.15, 0.2) is 35.3 Å². The van der Waals surface area contributed by atoms with Gasteiger partial charge in [0.1, 0.15) is 0 Å². The molecule has 0 saturated heterocycles. The normalized spacial score (nSPS) is 21.8. The van der Waals surface area contributed by atoms with E-state index < -0.39 is 0 Å². The van der Waals surface area contributed by atoms with Gasteiger partial charge in [-0.05, 0) is 67.7 Å². The highest BCUT2D eigenvalue weighted by molar-refractivity contribution is 5.92. The first-order valence-corrected chi connectivity index (χ1v) is 7.65. The number of guanidine groups is 1. The average molecular weight is 269 g/mol. The van der Waals surface area contributed by atoms with E-state index in [2.05, 4.69) is 40.7 Å². The quantitative estimate of drug-likeness (QED) is 0.503. The number of rotatable bonds is 3. The maximum Gasteiger partial charge on any atom is 0.193 e. The number of fused-ring (bicyclic) bond motifs is 1. The van der Waals surface area contributed by atoms with Gasteiger partial charge in [0.25, 0.3) is 0 Å². The molecular weight excluding hydrogens is 246 g/mol. The van der Waals surface area contributed by atoms with Crippen molar-refractivity contribution in [2.75, 3.05) is 11.9 Å². The predicted molar refractivity (Wildman–Crippen MR) is 85.1 cm³/mol. The van der Waals surface area contributed by atoms with Gasteiger partial charge in [0.15, 0.2) is 5.96 Å². The number of nitrogens with zero attached hydrogens (tertiary/aromatic N) is 1. The first-order chi connectivity index (χ1) is 9.81. The molecule has 0 radical (unpaired) electrons. The van der Waals surface area contributed by atoms with E-state index in [4.69, 9.17) is 5.73 Å². The first-order valence-electron chi connectivity index (χ1n) is 7.65. The highest BCUT2D eigenvalue weighted by Gasteiger charge is 2.11. The second-order valence-electron chi connectivity index (χ2n) is 5.84. The second kappa shape index (κ2) is 6.12. The van der Waals surface area contributed by atoms with Crippen molar-refractivity contribution in [2.24, 2.45) is 16.6 Å². The van der Waals surface area contributed by atoms with E-state index in [0.717, 1.165) is 18.7 Å². The molecule has 1 atom stereocenters. The Bertz CT molecular complexity index is 531. The summed E-state index contributed by atoms with van der Waals surface area (Å²) in [6, 6.07) is 6.54. The molecule has 3 N–H and O–H groups in total. The average Bonchev–Trinajstić information content (AvgIpc) is 2.94. The molecule has 0 saturated carbocycles. The molecule has 106 valence electrons. The van der Waals surface area contributed by atoms with Gasteiger partial charge in [-0.2, -0.15) is 0 Å². The van der Waals surface area contributed by atoms with E-state index in [1.165, 1.54) is 43.2 Å². The number of anilines is 1. The molecule has 0 fully saturated rings. The fraction of sp³-hybridized carbons (Fsp3) is 0.471. The molecule has 0 aliphatic heterocycles. The fourth-order valence-corrected chi connectivity index (χ4v) is 3.09. The molecule has 2 aliphatic rings. The maximum absolute atomic E-state index is 5.99. The molecule has 1 aromatic carbocycles. The number of benzene rings is 1. The molecule has 0 aromatic heterocycles. The molecular formula is C17H23N3. The second-order valence-corrected chi connectivity index (χ2v) is 5.84. The topological polar surface area (TPSA) is 50.4 Å². The molecule has 2 aliphatic carbocycles. The van der Waals surface area contributed by atoms with Gasteiger partial charge in [-0.15, -0.1) is 0 Å². The molecule has 3 heteroatoms. The summed E-state index contributed by atoms with van der Waals surface area (Å²) >= 11 is 0. The number of aryl methyl sites for hydroxylation is 2. The third kappa shape index (κ3) is 3.21. The third-order valence-corrected chi connectivity index (χ3v) is 4.27. The van der Waals surface area contributed by atoms with Crippen molar-refractivity contribution >= 4 is 11.6 Å². The monoisotopic (exact) mass is 269 g/mol. The zero-order valence-corrected chi connectivity index (χ0v) is 11.9. The van der Waals surface area contributed by atoms with Crippen molar-refractivity contribution in [1.82, 2.24) is 0 Å². The Hall–Kier alpha value is -1.77. The summed E-state index contributed by atoms with van der Waals surface area (Å²) < 4.78 is 0. The number of aliphatic imine (C=N–C) groups is 1. The molecule has 20 heavy (non-hydrogen) atoms. The lowest BCUT2D eigenvalue weighted by atomic mass is 9.95. The summed E-state index contributed by atoms with van der Waals surface area (Å²) in [5, 5.41) is 3.22. The first kappa shape index (κ1) is 13.2. The number of nitrogens with one attached hydrogen (secondary N) is 1. The molecule has 1 aromatic rings. The van der Waals surface area contributed by atoms with Crippen molar-refractivity contribution in [1.29, 1.82) is 0 Å². The van der Waals surface area contributed by atoms with Crippen LogP contribution in [0.25, 0.3) is 0 Å². The van der Waals surface area contributed by atoms with Crippen LogP contribution in [0.2, 0.25) is 0 Å². The molecule has 0 bridgehead atoms. The zero-order valence-electron chi connectivity index (χ0n) is 11.9. The molecule has 3 rings (SSSR count). The molecule has 1 unspecified atom stereocenters. The molecule has 3 nitrogen and oxygen atoms in total. The van der Waals surface area contributed by atoms with Crippen LogP contribution in [0.4, 0.5) is 5.69 Å². The standard InChI is InChI=1S/C17H23N3/c18-17(19-12-13-5-2-1-3-6-13)20-16-10-9-14-7-4-8-15(14)11-16/h1-2,9-11,13H,3-8,12H2,(H3,18,19,20). The van der Waals surface area contributed by atoms with Crippen LogP contribution < -0.4 is 11.1 Å². The van der Waals surface area contributed by atoms with Gasteiger partial charge in [-0.3, -0.25) is 4.99 Å². The Kier molecular flexibility index (Phi) is 4.05. The number of hydrogen-bond donors (Lipinski definition) is 2. The summed E-state index contributed by atoms with van der Waals surface area (Å²) in [5.74, 6) is 1.19. The van der Waals surface area contributed by atoms with Crippen LogP contribution in [-0.2, 0) is 12.8 Å².